The third-order valence-corrected chi connectivity index (χ3v) is 3.81. The number of hydrogen-bond donors (Lipinski definition) is 3. The number of imidazole rings is 1. The number of oxime groups is 1. The van der Waals surface area contributed by atoms with Crippen molar-refractivity contribution in [3.63, 3.8) is 0 Å². The Balaban J connectivity index is 2.68. The van der Waals surface area contributed by atoms with E-state index in [1.165, 1.54) is 6.21 Å². The van der Waals surface area contributed by atoms with Crippen LogP contribution in [-0.4, -0.2) is 26.5 Å². The summed E-state index contributed by atoms with van der Waals surface area (Å²) >= 11 is 0. The highest BCUT2D eigenvalue weighted by Gasteiger charge is 2.27. The van der Waals surface area contributed by atoms with Crippen LogP contribution in [-0.2, 0) is 10.8 Å². The fourth-order valence-electron chi connectivity index (χ4n) is 2.54. The Kier molecular flexibility index (Phi) is 4.24. The Bertz CT molecular complexity index is 696. The molecule has 0 aliphatic carbocycles. The minimum Gasteiger partial charge on any atom is -0.507 e. The standard InChI is InChI=1S/C18H25N3O2/c1-17(2,3)12-7-11(8-13(16(12)22)18(4,5)6)14-9-19-15(21-14)10-20-23/h7-10,22-23H,1-6H3,(H,19,21). The first-order chi connectivity index (χ1) is 10.5. The Labute approximate surface area is 137 Å². The fraction of sp³-hybridized carbons (Fsp3) is 0.444. The van der Waals surface area contributed by atoms with E-state index in [9.17, 15) is 5.11 Å². The highest BCUT2D eigenvalue weighted by molar-refractivity contribution is 5.76. The first-order valence-corrected chi connectivity index (χ1v) is 7.65. The Morgan fingerprint density at radius 2 is 1.57 bits per heavy atom. The second kappa shape index (κ2) is 5.72. The van der Waals surface area contributed by atoms with Crippen molar-refractivity contribution in [1.29, 1.82) is 0 Å². The van der Waals surface area contributed by atoms with Crippen LogP contribution >= 0.6 is 0 Å². The number of hydrogen-bond acceptors (Lipinski definition) is 4. The molecule has 0 unspecified atom stereocenters. The molecule has 5 heteroatoms. The van der Waals surface area contributed by atoms with Crippen LogP contribution in [0, 0.1) is 0 Å². The van der Waals surface area contributed by atoms with Gasteiger partial charge in [-0.3, -0.25) is 0 Å². The van der Waals surface area contributed by atoms with E-state index in [-0.39, 0.29) is 10.8 Å². The monoisotopic (exact) mass is 315 g/mol. The Morgan fingerprint density at radius 1 is 1.04 bits per heavy atom. The van der Waals surface area contributed by atoms with Crippen LogP contribution in [0.2, 0.25) is 0 Å². The van der Waals surface area contributed by atoms with Crippen LogP contribution in [0.5, 0.6) is 5.75 Å². The van der Waals surface area contributed by atoms with Crippen molar-refractivity contribution >= 4 is 6.21 Å². The molecule has 0 aliphatic heterocycles. The molecule has 0 spiro atoms. The molecule has 23 heavy (non-hydrogen) atoms. The van der Waals surface area contributed by atoms with Crippen LogP contribution < -0.4 is 0 Å². The van der Waals surface area contributed by atoms with Gasteiger partial charge in [0.25, 0.3) is 0 Å². The van der Waals surface area contributed by atoms with Crippen molar-refractivity contribution < 1.29 is 10.3 Å². The van der Waals surface area contributed by atoms with Gasteiger partial charge in [-0.05, 0) is 23.0 Å². The highest BCUT2D eigenvalue weighted by Crippen LogP contribution is 2.41. The maximum atomic E-state index is 10.7. The summed E-state index contributed by atoms with van der Waals surface area (Å²) in [5, 5.41) is 22.3. The largest absolute Gasteiger partial charge is 0.507 e. The summed E-state index contributed by atoms with van der Waals surface area (Å²) in [6.45, 7) is 12.5. The molecule has 1 heterocycles. The molecule has 0 radical (unpaired) electrons. The van der Waals surface area contributed by atoms with E-state index in [2.05, 4.69) is 56.7 Å². The quantitative estimate of drug-likeness (QED) is 0.441. The van der Waals surface area contributed by atoms with Crippen molar-refractivity contribution in [1.82, 2.24) is 9.97 Å². The van der Waals surface area contributed by atoms with Crippen molar-refractivity contribution in [3.8, 4) is 17.0 Å². The number of phenols is 1. The predicted octanol–water partition coefficient (Wildman–Crippen LogP) is 4.19. The molecule has 0 saturated carbocycles. The maximum absolute atomic E-state index is 10.7. The maximum Gasteiger partial charge on any atom is 0.152 e. The average Bonchev–Trinajstić information content (AvgIpc) is 2.85. The topological polar surface area (TPSA) is 81.5 Å². The van der Waals surface area contributed by atoms with Gasteiger partial charge < -0.3 is 15.3 Å². The molecule has 3 N–H and O–H groups in total. The van der Waals surface area contributed by atoms with Gasteiger partial charge in [0.1, 0.15) is 12.0 Å². The van der Waals surface area contributed by atoms with Gasteiger partial charge in [-0.25, -0.2) is 4.98 Å². The number of H-pyrrole nitrogens is 1. The molecular formula is C18H25N3O2. The SMILES string of the molecule is CC(C)(C)c1cc(-c2cnc(C=NO)[nH]2)cc(C(C)(C)C)c1O. The molecule has 2 aromatic rings. The van der Waals surface area contributed by atoms with E-state index < -0.39 is 0 Å². The third kappa shape index (κ3) is 3.55. The summed E-state index contributed by atoms with van der Waals surface area (Å²) in [7, 11) is 0. The summed E-state index contributed by atoms with van der Waals surface area (Å²) in [5.41, 5.74) is 3.18. The number of aromatic hydroxyl groups is 1. The molecule has 1 aromatic heterocycles. The van der Waals surface area contributed by atoms with E-state index in [0.717, 1.165) is 22.4 Å². The molecule has 2 rings (SSSR count). The molecule has 124 valence electrons. The first-order valence-electron chi connectivity index (χ1n) is 7.65. The minimum atomic E-state index is -0.185. The number of nitrogens with zero attached hydrogens (tertiary/aromatic N) is 2. The average molecular weight is 315 g/mol. The summed E-state index contributed by atoms with van der Waals surface area (Å²) in [6.07, 6.45) is 2.95. The molecule has 5 nitrogen and oxygen atoms in total. The second-order valence-electron chi connectivity index (χ2n) is 7.85. The van der Waals surface area contributed by atoms with Crippen LogP contribution in [0.25, 0.3) is 11.3 Å². The van der Waals surface area contributed by atoms with E-state index in [1.807, 2.05) is 12.1 Å². The van der Waals surface area contributed by atoms with Crippen LogP contribution in [0.15, 0.2) is 23.5 Å². The summed E-state index contributed by atoms with van der Waals surface area (Å²) in [4.78, 5) is 7.27. The van der Waals surface area contributed by atoms with E-state index in [0.29, 0.717) is 11.6 Å². The molecule has 0 amide bonds. The fourth-order valence-corrected chi connectivity index (χ4v) is 2.54. The number of aromatic amines is 1. The number of aromatic nitrogens is 2. The number of phenolic OH excluding ortho intramolecular Hbond substituents is 1. The van der Waals surface area contributed by atoms with E-state index in [4.69, 9.17) is 5.21 Å². The van der Waals surface area contributed by atoms with E-state index in [1.54, 1.807) is 6.20 Å². The van der Waals surface area contributed by atoms with Crippen LogP contribution in [0.1, 0.15) is 58.5 Å². The molecule has 0 aliphatic rings. The third-order valence-electron chi connectivity index (χ3n) is 3.81. The van der Waals surface area contributed by atoms with Crippen molar-refractivity contribution in [2.24, 2.45) is 5.16 Å². The molecule has 0 saturated heterocycles. The molecule has 0 fully saturated rings. The lowest BCUT2D eigenvalue weighted by Gasteiger charge is -2.28. The molecule has 0 bridgehead atoms. The predicted molar refractivity (Wildman–Crippen MR) is 92.5 cm³/mol. The van der Waals surface area contributed by atoms with Crippen LogP contribution in [0.4, 0.5) is 0 Å². The van der Waals surface area contributed by atoms with Gasteiger partial charge in [0.15, 0.2) is 5.82 Å². The van der Waals surface area contributed by atoms with Crippen molar-refractivity contribution in [2.45, 2.75) is 52.4 Å². The first kappa shape index (κ1) is 17.1. The minimum absolute atomic E-state index is 0.185. The molecular weight excluding hydrogens is 290 g/mol. The number of benzene rings is 1. The summed E-state index contributed by atoms with van der Waals surface area (Å²) in [6, 6.07) is 3.97. The summed E-state index contributed by atoms with van der Waals surface area (Å²) in [5.74, 6) is 0.829. The van der Waals surface area contributed by atoms with Gasteiger partial charge in [0, 0.05) is 16.7 Å². The Morgan fingerprint density at radius 3 is 2.00 bits per heavy atom. The lowest BCUT2D eigenvalue weighted by Crippen LogP contribution is -2.17. The number of nitrogens with one attached hydrogen (secondary N) is 1. The van der Waals surface area contributed by atoms with Crippen molar-refractivity contribution in [3.05, 3.63) is 35.3 Å². The zero-order chi connectivity index (χ0) is 17.4. The lowest BCUT2D eigenvalue weighted by atomic mass is 9.78. The smallest absolute Gasteiger partial charge is 0.152 e. The van der Waals surface area contributed by atoms with Gasteiger partial charge in [0.2, 0.25) is 0 Å². The van der Waals surface area contributed by atoms with Crippen LogP contribution in [0.3, 0.4) is 0 Å². The van der Waals surface area contributed by atoms with Gasteiger partial charge in [-0.15, -0.1) is 0 Å². The zero-order valence-electron chi connectivity index (χ0n) is 14.6. The lowest BCUT2D eigenvalue weighted by molar-refractivity contribution is 0.321. The highest BCUT2D eigenvalue weighted by atomic mass is 16.4. The normalized spacial score (nSPS) is 13.0. The van der Waals surface area contributed by atoms with Crippen molar-refractivity contribution in [2.75, 3.05) is 0 Å². The second-order valence-corrected chi connectivity index (χ2v) is 7.85. The summed E-state index contributed by atoms with van der Waals surface area (Å²) < 4.78 is 0. The van der Waals surface area contributed by atoms with E-state index >= 15 is 0 Å². The Hall–Kier alpha value is -2.30. The zero-order valence-corrected chi connectivity index (χ0v) is 14.6. The van der Waals surface area contributed by atoms with Gasteiger partial charge in [-0.1, -0.05) is 46.7 Å². The molecule has 0 atom stereocenters. The van der Waals surface area contributed by atoms with Gasteiger partial charge >= 0.3 is 0 Å². The van der Waals surface area contributed by atoms with Gasteiger partial charge in [-0.2, -0.15) is 0 Å². The van der Waals surface area contributed by atoms with Gasteiger partial charge in [0.05, 0.1) is 11.9 Å². The molecule has 1 aromatic carbocycles. The number of rotatable bonds is 2.